The minimum absolute atomic E-state index is 0.830. The first-order chi connectivity index (χ1) is 15.8. The fourth-order valence-electron chi connectivity index (χ4n) is 4.55. The molecule has 0 fully saturated rings. The molecule has 0 radical (unpaired) electrons. The van der Waals surface area contributed by atoms with Crippen molar-refractivity contribution < 1.29 is 4.74 Å². The first-order valence-corrected chi connectivity index (χ1v) is 10.8. The van der Waals surface area contributed by atoms with Gasteiger partial charge in [0.05, 0.1) is 0 Å². The lowest BCUT2D eigenvalue weighted by Gasteiger charge is -2.18. The average Bonchev–Trinajstić information content (AvgIpc) is 2.85. The van der Waals surface area contributed by atoms with E-state index in [-0.39, 0.29) is 0 Å². The van der Waals surface area contributed by atoms with Crippen LogP contribution in [0.15, 0.2) is 109 Å². The number of fused-ring (bicyclic) bond motifs is 3. The molecular formula is C30H21NO. The van der Waals surface area contributed by atoms with E-state index in [1.807, 2.05) is 24.5 Å². The Morgan fingerprint density at radius 2 is 1.28 bits per heavy atom. The van der Waals surface area contributed by atoms with Crippen LogP contribution >= 0.6 is 0 Å². The van der Waals surface area contributed by atoms with Crippen molar-refractivity contribution in [3.05, 3.63) is 115 Å². The van der Waals surface area contributed by atoms with Gasteiger partial charge in [0, 0.05) is 28.6 Å². The van der Waals surface area contributed by atoms with Crippen molar-refractivity contribution in [2.75, 3.05) is 0 Å². The molecule has 2 nitrogen and oxygen atoms in total. The molecular weight excluding hydrogens is 390 g/mol. The summed E-state index contributed by atoms with van der Waals surface area (Å²) in [7, 11) is 0. The summed E-state index contributed by atoms with van der Waals surface area (Å²) in [6.07, 6.45) is 3.80. The Kier molecular flexibility index (Phi) is 4.36. The van der Waals surface area contributed by atoms with Gasteiger partial charge in [-0.2, -0.15) is 0 Å². The van der Waals surface area contributed by atoms with Crippen LogP contribution in [0.1, 0.15) is 5.56 Å². The molecule has 0 aliphatic heterocycles. The third-order valence-corrected chi connectivity index (χ3v) is 6.08. The highest BCUT2D eigenvalue weighted by Gasteiger charge is 2.18. The van der Waals surface area contributed by atoms with Crippen LogP contribution in [0.4, 0.5) is 0 Å². The zero-order chi connectivity index (χ0) is 21.5. The number of aromatic nitrogens is 1. The van der Waals surface area contributed by atoms with Crippen LogP contribution in [0, 0.1) is 6.92 Å². The molecule has 0 N–H and O–H groups in total. The van der Waals surface area contributed by atoms with Crippen LogP contribution in [-0.4, -0.2) is 4.98 Å². The van der Waals surface area contributed by atoms with Gasteiger partial charge in [-0.15, -0.1) is 0 Å². The maximum atomic E-state index is 6.51. The van der Waals surface area contributed by atoms with E-state index in [0.717, 1.165) is 33.0 Å². The van der Waals surface area contributed by atoms with Gasteiger partial charge in [0.25, 0.3) is 0 Å². The first-order valence-electron chi connectivity index (χ1n) is 10.8. The molecule has 32 heavy (non-hydrogen) atoms. The third-order valence-electron chi connectivity index (χ3n) is 6.08. The van der Waals surface area contributed by atoms with Crippen LogP contribution in [0.3, 0.4) is 0 Å². The van der Waals surface area contributed by atoms with Gasteiger partial charge in [-0.1, -0.05) is 84.4 Å². The van der Waals surface area contributed by atoms with E-state index in [1.54, 1.807) is 0 Å². The van der Waals surface area contributed by atoms with Crippen LogP contribution in [0.25, 0.3) is 43.4 Å². The van der Waals surface area contributed by atoms with Crippen LogP contribution in [-0.2, 0) is 0 Å². The molecule has 0 amide bonds. The number of rotatable bonds is 3. The largest absolute Gasteiger partial charge is 0.456 e. The van der Waals surface area contributed by atoms with E-state index in [0.29, 0.717) is 0 Å². The summed E-state index contributed by atoms with van der Waals surface area (Å²) in [4.78, 5) is 4.49. The first kappa shape index (κ1) is 18.6. The molecule has 0 aliphatic rings. The summed E-state index contributed by atoms with van der Waals surface area (Å²) in [6, 6.07) is 33.8. The van der Waals surface area contributed by atoms with Gasteiger partial charge in [-0.05, 0) is 52.4 Å². The molecule has 0 atom stereocenters. The quantitative estimate of drug-likeness (QED) is 0.273. The fourth-order valence-corrected chi connectivity index (χ4v) is 4.55. The molecule has 0 spiro atoms. The Hall–Kier alpha value is -4.17. The standard InChI is InChI=1S/C30H21NO/c1-20-13-15-22(16-14-20)32-30-26-11-5-4-10-25(26)29(28-19-31-18-17-27(28)30)24-12-6-8-21-7-2-3-9-23(21)24/h2-19H,1H3. The van der Waals surface area contributed by atoms with Gasteiger partial charge in [0.15, 0.2) is 0 Å². The molecule has 0 saturated heterocycles. The maximum absolute atomic E-state index is 6.51. The molecule has 1 heterocycles. The highest BCUT2D eigenvalue weighted by molar-refractivity contribution is 6.19. The van der Waals surface area contributed by atoms with Gasteiger partial charge >= 0.3 is 0 Å². The van der Waals surface area contributed by atoms with E-state index in [1.165, 1.54) is 27.5 Å². The number of ether oxygens (including phenoxy) is 1. The number of nitrogens with zero attached hydrogens (tertiary/aromatic N) is 1. The van der Waals surface area contributed by atoms with Crippen LogP contribution < -0.4 is 4.74 Å². The predicted octanol–water partition coefficient (Wildman–Crippen LogP) is 8.31. The summed E-state index contributed by atoms with van der Waals surface area (Å²) in [6.45, 7) is 2.08. The van der Waals surface area contributed by atoms with E-state index >= 15 is 0 Å². The van der Waals surface area contributed by atoms with Gasteiger partial charge < -0.3 is 4.74 Å². The van der Waals surface area contributed by atoms with Gasteiger partial charge in [-0.3, -0.25) is 4.98 Å². The summed E-state index contributed by atoms with van der Waals surface area (Å²) >= 11 is 0. The predicted molar refractivity (Wildman–Crippen MR) is 133 cm³/mol. The molecule has 5 aromatic carbocycles. The normalized spacial score (nSPS) is 11.3. The Morgan fingerprint density at radius 1 is 0.594 bits per heavy atom. The Bertz CT molecular complexity index is 1540. The summed E-state index contributed by atoms with van der Waals surface area (Å²) in [5.74, 6) is 1.70. The SMILES string of the molecule is Cc1ccc(Oc2c3ccccc3c(-c3cccc4ccccc34)c3cnccc23)cc1. The second-order valence-electron chi connectivity index (χ2n) is 8.11. The molecule has 0 unspecified atom stereocenters. The van der Waals surface area contributed by atoms with Crippen LogP contribution in [0.2, 0.25) is 0 Å². The summed E-state index contributed by atoms with van der Waals surface area (Å²) in [5.41, 5.74) is 3.61. The molecule has 0 saturated carbocycles. The lowest BCUT2D eigenvalue weighted by atomic mass is 9.89. The van der Waals surface area contributed by atoms with Crippen molar-refractivity contribution >= 4 is 32.3 Å². The van der Waals surface area contributed by atoms with Gasteiger partial charge in [0.1, 0.15) is 11.5 Å². The molecule has 2 heteroatoms. The molecule has 1 aromatic heterocycles. The lowest BCUT2D eigenvalue weighted by Crippen LogP contribution is -1.93. The van der Waals surface area contributed by atoms with Crippen molar-refractivity contribution in [1.82, 2.24) is 4.98 Å². The van der Waals surface area contributed by atoms with Crippen molar-refractivity contribution in [2.24, 2.45) is 0 Å². The zero-order valence-corrected chi connectivity index (χ0v) is 17.7. The van der Waals surface area contributed by atoms with Crippen LogP contribution in [0.5, 0.6) is 11.5 Å². The minimum Gasteiger partial charge on any atom is -0.456 e. The van der Waals surface area contributed by atoms with E-state index in [4.69, 9.17) is 4.74 Å². The molecule has 0 bridgehead atoms. The smallest absolute Gasteiger partial charge is 0.143 e. The molecule has 0 aliphatic carbocycles. The van der Waals surface area contributed by atoms with Gasteiger partial charge in [0.2, 0.25) is 0 Å². The van der Waals surface area contributed by atoms with E-state index < -0.39 is 0 Å². The molecule has 6 aromatic rings. The number of benzene rings is 5. The highest BCUT2D eigenvalue weighted by Crippen LogP contribution is 2.45. The molecule has 152 valence electrons. The van der Waals surface area contributed by atoms with Crippen molar-refractivity contribution in [2.45, 2.75) is 6.92 Å². The number of pyridine rings is 1. The van der Waals surface area contributed by atoms with Gasteiger partial charge in [-0.25, -0.2) is 0 Å². The topological polar surface area (TPSA) is 22.1 Å². The second kappa shape index (κ2) is 7.51. The Balaban J connectivity index is 1.72. The number of hydrogen-bond acceptors (Lipinski definition) is 2. The Labute approximate surface area is 186 Å². The van der Waals surface area contributed by atoms with E-state index in [2.05, 4.69) is 96.8 Å². The van der Waals surface area contributed by atoms with E-state index in [9.17, 15) is 0 Å². The number of hydrogen-bond donors (Lipinski definition) is 0. The second-order valence-corrected chi connectivity index (χ2v) is 8.11. The van der Waals surface area contributed by atoms with Crippen molar-refractivity contribution in [1.29, 1.82) is 0 Å². The lowest BCUT2D eigenvalue weighted by molar-refractivity contribution is 0.493. The third kappa shape index (κ3) is 3.00. The molecule has 6 rings (SSSR count). The minimum atomic E-state index is 0.830. The van der Waals surface area contributed by atoms with Crippen molar-refractivity contribution in [3.8, 4) is 22.6 Å². The Morgan fingerprint density at radius 3 is 2.12 bits per heavy atom. The zero-order valence-electron chi connectivity index (χ0n) is 17.7. The maximum Gasteiger partial charge on any atom is 0.143 e. The van der Waals surface area contributed by atoms with Crippen molar-refractivity contribution in [3.63, 3.8) is 0 Å². The number of aryl methyl sites for hydroxylation is 1. The average molecular weight is 412 g/mol. The highest BCUT2D eigenvalue weighted by atomic mass is 16.5. The summed E-state index contributed by atoms with van der Waals surface area (Å²) < 4.78 is 6.51. The monoisotopic (exact) mass is 411 g/mol. The fraction of sp³-hybridized carbons (Fsp3) is 0.0333. The summed E-state index contributed by atoms with van der Waals surface area (Å²) in [5, 5.41) is 6.86.